The molecule has 20 heavy (non-hydrogen) atoms. The highest BCUT2D eigenvalue weighted by Crippen LogP contribution is 2.25. The van der Waals surface area contributed by atoms with E-state index in [9.17, 15) is 8.78 Å². The van der Waals surface area contributed by atoms with Crippen molar-refractivity contribution in [3.8, 4) is 0 Å². The van der Waals surface area contributed by atoms with E-state index in [1.165, 1.54) is 0 Å². The fourth-order valence-electron chi connectivity index (χ4n) is 1.73. The topological polar surface area (TPSA) is 39.1 Å². The highest BCUT2D eigenvalue weighted by Gasteiger charge is 2.10. The van der Waals surface area contributed by atoms with Gasteiger partial charge in [0.15, 0.2) is 0 Å². The molecule has 1 aromatic carbocycles. The number of anilines is 2. The highest BCUT2D eigenvalue weighted by molar-refractivity contribution is 9.10. The van der Waals surface area contributed by atoms with Gasteiger partial charge in [0.05, 0.1) is 10.2 Å². The van der Waals surface area contributed by atoms with Crippen LogP contribution in [0.5, 0.6) is 0 Å². The van der Waals surface area contributed by atoms with E-state index in [0.717, 1.165) is 18.6 Å². The summed E-state index contributed by atoms with van der Waals surface area (Å²) in [6.07, 6.45) is 4.17. The molecule has 1 N–H and O–H groups in total. The molecule has 0 aliphatic rings. The summed E-state index contributed by atoms with van der Waals surface area (Å²) in [5.74, 6) is -0.627. The molecular formula is C13H14BrF2N3O. The Hall–Kier alpha value is -1.47. The normalized spacial score (nSPS) is 10.8. The Morgan fingerprint density at radius 3 is 2.90 bits per heavy atom. The number of nitrogens with one attached hydrogen (secondary N) is 1. The molecule has 0 amide bonds. The van der Waals surface area contributed by atoms with Crippen LogP contribution < -0.4 is 5.32 Å². The number of imidazole rings is 1. The summed E-state index contributed by atoms with van der Waals surface area (Å²) in [5.41, 5.74) is 0.0462. The quantitative estimate of drug-likeness (QED) is 0.640. The van der Waals surface area contributed by atoms with Gasteiger partial charge < -0.3 is 14.6 Å². The molecule has 0 aliphatic carbocycles. The van der Waals surface area contributed by atoms with Crippen LogP contribution in [-0.4, -0.2) is 23.3 Å². The van der Waals surface area contributed by atoms with Crippen molar-refractivity contribution < 1.29 is 13.5 Å². The smallest absolute Gasteiger partial charge is 0.207 e. The van der Waals surface area contributed by atoms with Gasteiger partial charge in [0, 0.05) is 38.7 Å². The summed E-state index contributed by atoms with van der Waals surface area (Å²) in [6.45, 7) is 1.30. The Balaban J connectivity index is 2.14. The lowest BCUT2D eigenvalue weighted by molar-refractivity contribution is 0.190. The average Bonchev–Trinajstić information content (AvgIpc) is 2.84. The molecule has 1 heterocycles. The molecule has 0 saturated carbocycles. The van der Waals surface area contributed by atoms with Crippen molar-refractivity contribution in [2.24, 2.45) is 0 Å². The number of nitrogens with zero attached hydrogens (tertiary/aromatic N) is 2. The number of hydrogen-bond donors (Lipinski definition) is 1. The molecule has 0 aliphatic heterocycles. The Morgan fingerprint density at radius 1 is 1.35 bits per heavy atom. The zero-order valence-corrected chi connectivity index (χ0v) is 12.5. The fraction of sp³-hybridized carbons (Fsp3) is 0.308. The molecular weight excluding hydrogens is 332 g/mol. The largest absolute Gasteiger partial charge is 0.385 e. The second kappa shape index (κ2) is 6.81. The zero-order valence-electron chi connectivity index (χ0n) is 10.9. The van der Waals surface area contributed by atoms with Crippen LogP contribution in [0, 0.1) is 11.6 Å². The van der Waals surface area contributed by atoms with Crippen LogP contribution in [-0.2, 0) is 11.3 Å². The van der Waals surface area contributed by atoms with Crippen molar-refractivity contribution in [2.45, 2.75) is 13.0 Å². The second-order valence-corrected chi connectivity index (χ2v) is 5.02. The molecule has 1 aromatic heterocycles. The SMILES string of the molecule is COCCCn1ccnc1Nc1cc(F)c(Br)cc1F. The number of benzene rings is 1. The minimum absolute atomic E-state index is 0.0462. The number of aromatic nitrogens is 2. The van der Waals surface area contributed by atoms with E-state index in [1.54, 1.807) is 19.5 Å². The standard InChI is InChI=1S/C13H14BrF2N3O/c1-20-6-2-4-19-5-3-17-13(19)18-12-8-10(15)9(14)7-11(12)16/h3,5,7-8H,2,4,6H2,1H3,(H,17,18). The summed E-state index contributed by atoms with van der Waals surface area (Å²) in [4.78, 5) is 4.09. The molecule has 4 nitrogen and oxygen atoms in total. The molecule has 0 spiro atoms. The monoisotopic (exact) mass is 345 g/mol. The van der Waals surface area contributed by atoms with Crippen LogP contribution in [0.25, 0.3) is 0 Å². The van der Waals surface area contributed by atoms with E-state index in [4.69, 9.17) is 4.74 Å². The Labute approximate surface area is 123 Å². The average molecular weight is 346 g/mol. The summed E-state index contributed by atoms with van der Waals surface area (Å²) in [7, 11) is 1.63. The van der Waals surface area contributed by atoms with E-state index in [1.807, 2.05) is 4.57 Å². The molecule has 108 valence electrons. The van der Waals surface area contributed by atoms with E-state index in [2.05, 4.69) is 26.2 Å². The first-order chi connectivity index (χ1) is 9.61. The predicted octanol–water partition coefficient (Wildman–Crippen LogP) is 3.70. The van der Waals surface area contributed by atoms with Crippen molar-refractivity contribution in [3.63, 3.8) is 0 Å². The summed E-state index contributed by atoms with van der Waals surface area (Å²) in [6, 6.07) is 2.17. The number of hydrogen-bond acceptors (Lipinski definition) is 3. The summed E-state index contributed by atoms with van der Waals surface area (Å²) >= 11 is 2.94. The Bertz CT molecular complexity index is 589. The molecule has 0 unspecified atom stereocenters. The van der Waals surface area contributed by atoms with Gasteiger partial charge in [0.25, 0.3) is 0 Å². The van der Waals surface area contributed by atoms with E-state index in [-0.39, 0.29) is 10.2 Å². The minimum Gasteiger partial charge on any atom is -0.385 e. The van der Waals surface area contributed by atoms with Gasteiger partial charge in [0.2, 0.25) is 5.95 Å². The predicted molar refractivity (Wildman–Crippen MR) is 76.1 cm³/mol. The lowest BCUT2D eigenvalue weighted by Crippen LogP contribution is -2.06. The van der Waals surface area contributed by atoms with Crippen molar-refractivity contribution in [1.82, 2.24) is 9.55 Å². The lowest BCUT2D eigenvalue weighted by Gasteiger charge is -2.11. The number of aryl methyl sites for hydroxylation is 1. The second-order valence-electron chi connectivity index (χ2n) is 4.16. The molecule has 0 saturated heterocycles. The fourth-order valence-corrected chi connectivity index (χ4v) is 2.05. The maximum Gasteiger partial charge on any atom is 0.207 e. The van der Waals surface area contributed by atoms with Crippen LogP contribution in [0.1, 0.15) is 6.42 Å². The summed E-state index contributed by atoms with van der Waals surface area (Å²) < 4.78 is 34.1. The van der Waals surface area contributed by atoms with Gasteiger partial charge in [-0.15, -0.1) is 0 Å². The third-order valence-electron chi connectivity index (χ3n) is 2.72. The van der Waals surface area contributed by atoms with Gasteiger partial charge >= 0.3 is 0 Å². The van der Waals surface area contributed by atoms with E-state index >= 15 is 0 Å². The van der Waals surface area contributed by atoms with Gasteiger partial charge in [0.1, 0.15) is 11.6 Å². The zero-order chi connectivity index (χ0) is 14.5. The maximum absolute atomic E-state index is 13.7. The minimum atomic E-state index is -0.551. The van der Waals surface area contributed by atoms with E-state index in [0.29, 0.717) is 19.1 Å². The molecule has 0 bridgehead atoms. The molecule has 2 aromatic rings. The van der Waals surface area contributed by atoms with Crippen LogP contribution >= 0.6 is 15.9 Å². The first-order valence-corrected chi connectivity index (χ1v) is 6.82. The van der Waals surface area contributed by atoms with Crippen LogP contribution in [0.4, 0.5) is 20.4 Å². The Kier molecular flexibility index (Phi) is 5.08. The first kappa shape index (κ1) is 14.9. The lowest BCUT2D eigenvalue weighted by atomic mass is 10.3. The van der Waals surface area contributed by atoms with Gasteiger partial charge in [-0.1, -0.05) is 0 Å². The van der Waals surface area contributed by atoms with Gasteiger partial charge in [-0.2, -0.15) is 0 Å². The third kappa shape index (κ3) is 3.55. The van der Waals surface area contributed by atoms with Gasteiger partial charge in [-0.25, -0.2) is 13.8 Å². The van der Waals surface area contributed by atoms with Crippen molar-refractivity contribution in [3.05, 3.63) is 40.6 Å². The maximum atomic E-state index is 13.7. The molecule has 0 fully saturated rings. The van der Waals surface area contributed by atoms with Crippen molar-refractivity contribution in [2.75, 3.05) is 19.0 Å². The third-order valence-corrected chi connectivity index (χ3v) is 3.33. The highest BCUT2D eigenvalue weighted by atomic mass is 79.9. The molecule has 2 rings (SSSR count). The summed E-state index contributed by atoms with van der Waals surface area (Å²) in [5, 5.41) is 2.79. The number of rotatable bonds is 6. The van der Waals surface area contributed by atoms with Crippen LogP contribution in [0.3, 0.4) is 0 Å². The first-order valence-electron chi connectivity index (χ1n) is 6.03. The van der Waals surface area contributed by atoms with E-state index < -0.39 is 11.6 Å². The van der Waals surface area contributed by atoms with Gasteiger partial charge in [-0.05, 0) is 28.4 Å². The molecule has 0 radical (unpaired) electrons. The molecule has 0 atom stereocenters. The molecule has 7 heteroatoms. The van der Waals surface area contributed by atoms with Crippen LogP contribution in [0.2, 0.25) is 0 Å². The van der Waals surface area contributed by atoms with Crippen LogP contribution in [0.15, 0.2) is 29.0 Å². The Morgan fingerprint density at radius 2 is 2.15 bits per heavy atom. The van der Waals surface area contributed by atoms with Gasteiger partial charge in [-0.3, -0.25) is 0 Å². The van der Waals surface area contributed by atoms with Crippen molar-refractivity contribution >= 4 is 27.6 Å². The van der Waals surface area contributed by atoms with Crippen molar-refractivity contribution in [1.29, 1.82) is 0 Å². The number of halogens is 3. The number of ether oxygens (including phenoxy) is 1. The number of methoxy groups -OCH3 is 1.